The number of nitrogens with one attached hydrogen (secondary N) is 1. The maximum atomic E-state index is 5.96. The number of nitrogens with two attached hydrogens (primary N) is 1. The van der Waals surface area contributed by atoms with Crippen molar-refractivity contribution < 1.29 is 9.47 Å². The molecule has 114 valence electrons. The van der Waals surface area contributed by atoms with Gasteiger partial charge in [0.05, 0.1) is 19.8 Å². The first-order valence-corrected chi connectivity index (χ1v) is 8.45. The highest BCUT2D eigenvalue weighted by atomic mass is 32.2. The highest BCUT2D eigenvalue weighted by Crippen LogP contribution is 2.47. The van der Waals surface area contributed by atoms with Crippen molar-refractivity contribution in [1.82, 2.24) is 0 Å². The lowest BCUT2D eigenvalue weighted by molar-refractivity contribution is 0.297. The summed E-state index contributed by atoms with van der Waals surface area (Å²) in [6.07, 6.45) is 5.50. The van der Waals surface area contributed by atoms with Gasteiger partial charge >= 0.3 is 0 Å². The second kappa shape index (κ2) is 6.05. The normalized spacial score (nSPS) is 19.8. The van der Waals surface area contributed by atoms with E-state index in [9.17, 15) is 0 Å². The average molecular weight is 307 g/mol. The number of ether oxygens (including phenoxy) is 2. The van der Waals surface area contributed by atoms with E-state index in [4.69, 9.17) is 15.2 Å². The lowest BCUT2D eigenvalue weighted by atomic mass is 10.3. The number of guanidine groups is 1. The van der Waals surface area contributed by atoms with E-state index in [0.29, 0.717) is 23.9 Å². The Hall–Kier alpha value is -1.56. The molecule has 1 saturated carbocycles. The predicted octanol–water partition coefficient (Wildman–Crippen LogP) is 2.47. The molecule has 6 heteroatoms. The predicted molar refractivity (Wildman–Crippen MR) is 87.6 cm³/mol. The third-order valence-corrected chi connectivity index (χ3v) is 5.20. The van der Waals surface area contributed by atoms with Gasteiger partial charge in [-0.1, -0.05) is 0 Å². The van der Waals surface area contributed by atoms with Crippen LogP contribution in [-0.2, 0) is 0 Å². The molecule has 0 aromatic heterocycles. The van der Waals surface area contributed by atoms with E-state index in [2.05, 4.69) is 16.6 Å². The molecular weight excluding hydrogens is 286 g/mol. The largest absolute Gasteiger partial charge is 0.490 e. The van der Waals surface area contributed by atoms with Crippen LogP contribution in [-0.4, -0.2) is 36.7 Å². The van der Waals surface area contributed by atoms with Gasteiger partial charge in [-0.05, 0) is 31.2 Å². The van der Waals surface area contributed by atoms with Gasteiger partial charge in [0.1, 0.15) is 0 Å². The number of fused-ring (bicyclic) bond motifs is 1. The maximum absolute atomic E-state index is 5.96. The number of hydrogen-bond donors (Lipinski definition) is 2. The molecule has 2 aliphatic rings. The van der Waals surface area contributed by atoms with Crippen molar-refractivity contribution in [2.75, 3.05) is 31.3 Å². The van der Waals surface area contributed by atoms with Crippen LogP contribution >= 0.6 is 11.8 Å². The fourth-order valence-corrected chi connectivity index (χ4v) is 2.93. The van der Waals surface area contributed by atoms with Crippen LogP contribution in [0.4, 0.5) is 5.69 Å². The summed E-state index contributed by atoms with van der Waals surface area (Å²) in [5.41, 5.74) is 6.83. The zero-order chi connectivity index (χ0) is 14.7. The van der Waals surface area contributed by atoms with Crippen LogP contribution in [0.1, 0.15) is 19.3 Å². The fraction of sp³-hybridized carbons (Fsp3) is 0.533. The van der Waals surface area contributed by atoms with Crippen LogP contribution in [0.15, 0.2) is 23.2 Å². The molecule has 3 N–H and O–H groups in total. The molecule has 0 atom stereocenters. The van der Waals surface area contributed by atoms with Gasteiger partial charge in [-0.3, -0.25) is 4.99 Å². The highest BCUT2D eigenvalue weighted by Gasteiger charge is 2.41. The van der Waals surface area contributed by atoms with Crippen LogP contribution in [0.3, 0.4) is 0 Å². The summed E-state index contributed by atoms with van der Waals surface area (Å²) in [6.45, 7) is 2.15. The Balaban J connectivity index is 1.64. The van der Waals surface area contributed by atoms with Crippen LogP contribution in [0, 0.1) is 0 Å². The molecule has 1 aromatic carbocycles. The van der Waals surface area contributed by atoms with E-state index in [1.165, 1.54) is 12.8 Å². The number of nitrogens with zero attached hydrogens (tertiary/aromatic N) is 1. The Labute approximate surface area is 129 Å². The number of thioether (sulfide) groups is 1. The number of rotatable bonds is 4. The molecule has 1 aliphatic carbocycles. The summed E-state index contributed by atoms with van der Waals surface area (Å²) < 4.78 is 11.6. The molecule has 1 aromatic rings. The van der Waals surface area contributed by atoms with Crippen LogP contribution < -0.4 is 20.5 Å². The molecule has 0 radical (unpaired) electrons. The van der Waals surface area contributed by atoms with Crippen molar-refractivity contribution in [3.8, 4) is 11.5 Å². The fourth-order valence-electron chi connectivity index (χ4n) is 2.22. The number of aliphatic imine (C=N–C) groups is 1. The van der Waals surface area contributed by atoms with Crippen molar-refractivity contribution in [2.24, 2.45) is 10.7 Å². The molecule has 0 spiro atoms. The van der Waals surface area contributed by atoms with Gasteiger partial charge in [-0.25, -0.2) is 0 Å². The summed E-state index contributed by atoms with van der Waals surface area (Å²) in [7, 11) is 0. The number of anilines is 1. The maximum Gasteiger partial charge on any atom is 0.193 e. The Morgan fingerprint density at radius 1 is 1.33 bits per heavy atom. The first-order chi connectivity index (χ1) is 10.2. The summed E-state index contributed by atoms with van der Waals surface area (Å²) in [5.74, 6) is 1.99. The SMILES string of the molecule is CSC1(CN=C(N)Nc2ccc3c(c2)OCCCO3)CC1. The van der Waals surface area contributed by atoms with Crippen molar-refractivity contribution >= 4 is 23.4 Å². The third kappa shape index (κ3) is 3.56. The molecule has 1 fully saturated rings. The summed E-state index contributed by atoms with van der Waals surface area (Å²) in [6, 6.07) is 5.74. The summed E-state index contributed by atoms with van der Waals surface area (Å²) >= 11 is 1.88. The van der Waals surface area contributed by atoms with Crippen molar-refractivity contribution in [1.29, 1.82) is 0 Å². The molecule has 21 heavy (non-hydrogen) atoms. The van der Waals surface area contributed by atoms with Crippen molar-refractivity contribution in [3.05, 3.63) is 18.2 Å². The number of hydrogen-bond acceptors (Lipinski definition) is 4. The number of benzene rings is 1. The molecular formula is C15H21N3O2S. The monoisotopic (exact) mass is 307 g/mol. The Kier molecular flexibility index (Phi) is 4.14. The van der Waals surface area contributed by atoms with Crippen LogP contribution in [0.5, 0.6) is 11.5 Å². The van der Waals surface area contributed by atoms with E-state index < -0.39 is 0 Å². The zero-order valence-corrected chi connectivity index (χ0v) is 13.0. The molecule has 0 amide bonds. The standard InChI is InChI=1S/C15H21N3O2S/c1-21-15(5-6-15)10-17-14(16)18-11-3-4-12-13(9-11)20-8-2-7-19-12/h3-4,9H,2,5-8,10H2,1H3,(H3,16,17,18). The highest BCUT2D eigenvalue weighted by molar-refractivity contribution is 8.00. The minimum Gasteiger partial charge on any atom is -0.490 e. The van der Waals surface area contributed by atoms with E-state index in [1.807, 2.05) is 30.0 Å². The minimum absolute atomic E-state index is 0.330. The van der Waals surface area contributed by atoms with Gasteiger partial charge in [0, 0.05) is 22.9 Å². The van der Waals surface area contributed by atoms with Gasteiger partial charge < -0.3 is 20.5 Å². The van der Waals surface area contributed by atoms with Gasteiger partial charge in [0.25, 0.3) is 0 Å². The van der Waals surface area contributed by atoms with E-state index >= 15 is 0 Å². The first-order valence-electron chi connectivity index (χ1n) is 7.23. The Bertz CT molecular complexity index is 544. The zero-order valence-electron chi connectivity index (χ0n) is 12.2. The topological polar surface area (TPSA) is 68.9 Å². The average Bonchev–Trinajstić information content (AvgIpc) is 3.29. The second-order valence-electron chi connectivity index (χ2n) is 5.43. The Morgan fingerprint density at radius 3 is 2.81 bits per heavy atom. The Morgan fingerprint density at radius 2 is 2.10 bits per heavy atom. The third-order valence-electron chi connectivity index (χ3n) is 3.80. The minimum atomic E-state index is 0.330. The summed E-state index contributed by atoms with van der Waals surface area (Å²) in [4.78, 5) is 4.45. The lowest BCUT2D eigenvalue weighted by Crippen LogP contribution is -2.24. The van der Waals surface area contributed by atoms with Crippen molar-refractivity contribution in [2.45, 2.75) is 24.0 Å². The van der Waals surface area contributed by atoms with E-state index in [-0.39, 0.29) is 0 Å². The van der Waals surface area contributed by atoms with Gasteiger partial charge in [0.15, 0.2) is 17.5 Å². The van der Waals surface area contributed by atoms with Crippen molar-refractivity contribution in [3.63, 3.8) is 0 Å². The van der Waals surface area contributed by atoms with Gasteiger partial charge in [-0.2, -0.15) is 11.8 Å². The molecule has 0 bridgehead atoms. The van der Waals surface area contributed by atoms with E-state index in [0.717, 1.165) is 30.2 Å². The van der Waals surface area contributed by atoms with Gasteiger partial charge in [0.2, 0.25) is 0 Å². The van der Waals surface area contributed by atoms with E-state index in [1.54, 1.807) is 0 Å². The van der Waals surface area contributed by atoms with Gasteiger partial charge in [-0.15, -0.1) is 0 Å². The molecule has 1 aliphatic heterocycles. The second-order valence-corrected chi connectivity index (χ2v) is 6.70. The molecule has 5 nitrogen and oxygen atoms in total. The smallest absolute Gasteiger partial charge is 0.193 e. The quantitative estimate of drug-likeness (QED) is 0.660. The molecule has 3 rings (SSSR count). The molecule has 0 unspecified atom stereocenters. The molecule has 1 heterocycles. The van der Waals surface area contributed by atoms with Crippen LogP contribution in [0.25, 0.3) is 0 Å². The molecule has 0 saturated heterocycles. The van der Waals surface area contributed by atoms with Crippen LogP contribution in [0.2, 0.25) is 0 Å². The first kappa shape index (κ1) is 14.4. The summed E-state index contributed by atoms with van der Waals surface area (Å²) in [5, 5.41) is 3.12. The lowest BCUT2D eigenvalue weighted by Gasteiger charge is -2.12.